The van der Waals surface area contributed by atoms with Crippen molar-refractivity contribution in [3.63, 3.8) is 0 Å². The molecular formula is C13H24N4O2. The SMILES string of the molecule is NCCCC(=O)N1CCN(C2CCNCC2)C(=O)C1. The molecular weight excluding hydrogens is 244 g/mol. The van der Waals surface area contributed by atoms with Gasteiger partial charge in [0.1, 0.15) is 0 Å². The number of hydrogen-bond donors (Lipinski definition) is 2. The molecule has 0 atom stereocenters. The van der Waals surface area contributed by atoms with Crippen LogP contribution in [0.4, 0.5) is 0 Å². The first-order valence-electron chi connectivity index (χ1n) is 7.20. The molecule has 2 rings (SSSR count). The first-order valence-corrected chi connectivity index (χ1v) is 7.20. The molecule has 6 heteroatoms. The second-order valence-corrected chi connectivity index (χ2v) is 5.28. The second kappa shape index (κ2) is 6.86. The van der Waals surface area contributed by atoms with E-state index in [4.69, 9.17) is 5.73 Å². The number of amides is 2. The Morgan fingerprint density at radius 1 is 1.32 bits per heavy atom. The molecule has 108 valence electrons. The number of carbonyl (C=O) groups is 2. The smallest absolute Gasteiger partial charge is 0.242 e. The van der Waals surface area contributed by atoms with Crippen molar-refractivity contribution in [2.75, 3.05) is 39.3 Å². The Hall–Kier alpha value is -1.14. The van der Waals surface area contributed by atoms with Gasteiger partial charge in [-0.1, -0.05) is 0 Å². The molecule has 0 unspecified atom stereocenters. The van der Waals surface area contributed by atoms with Crippen molar-refractivity contribution in [1.29, 1.82) is 0 Å². The van der Waals surface area contributed by atoms with E-state index in [-0.39, 0.29) is 18.4 Å². The van der Waals surface area contributed by atoms with E-state index in [1.54, 1.807) is 4.90 Å². The van der Waals surface area contributed by atoms with Gasteiger partial charge in [-0.3, -0.25) is 9.59 Å². The molecule has 2 amide bonds. The lowest BCUT2D eigenvalue weighted by Crippen LogP contribution is -2.57. The van der Waals surface area contributed by atoms with Crippen LogP contribution in [-0.4, -0.2) is 66.9 Å². The fourth-order valence-corrected chi connectivity index (χ4v) is 2.82. The van der Waals surface area contributed by atoms with Crippen LogP contribution in [0.15, 0.2) is 0 Å². The monoisotopic (exact) mass is 268 g/mol. The second-order valence-electron chi connectivity index (χ2n) is 5.28. The predicted octanol–water partition coefficient (Wildman–Crippen LogP) is -0.852. The molecule has 0 aromatic carbocycles. The standard InChI is InChI=1S/C13H24N4O2/c14-5-1-2-12(18)16-8-9-17(13(19)10-16)11-3-6-15-7-4-11/h11,15H,1-10,14H2. The van der Waals surface area contributed by atoms with Crippen LogP contribution >= 0.6 is 0 Å². The quantitative estimate of drug-likeness (QED) is 0.696. The maximum Gasteiger partial charge on any atom is 0.242 e. The molecule has 2 heterocycles. The predicted molar refractivity (Wildman–Crippen MR) is 72.5 cm³/mol. The van der Waals surface area contributed by atoms with E-state index < -0.39 is 0 Å². The Balaban J connectivity index is 1.83. The first kappa shape index (κ1) is 14.3. The normalized spacial score (nSPS) is 21.8. The molecule has 0 aliphatic carbocycles. The Kier molecular flexibility index (Phi) is 5.15. The molecule has 2 aliphatic heterocycles. The summed E-state index contributed by atoms with van der Waals surface area (Å²) in [7, 11) is 0. The average Bonchev–Trinajstić information content (AvgIpc) is 2.45. The zero-order chi connectivity index (χ0) is 13.7. The van der Waals surface area contributed by atoms with Crippen LogP contribution in [0.5, 0.6) is 0 Å². The maximum absolute atomic E-state index is 12.2. The highest BCUT2D eigenvalue weighted by Crippen LogP contribution is 2.16. The third kappa shape index (κ3) is 3.67. The number of nitrogens with one attached hydrogen (secondary N) is 1. The third-order valence-electron chi connectivity index (χ3n) is 3.95. The van der Waals surface area contributed by atoms with Gasteiger partial charge in [-0.25, -0.2) is 0 Å². The van der Waals surface area contributed by atoms with Gasteiger partial charge in [0, 0.05) is 25.6 Å². The summed E-state index contributed by atoms with van der Waals surface area (Å²) >= 11 is 0. The number of carbonyl (C=O) groups excluding carboxylic acids is 2. The van der Waals surface area contributed by atoms with Gasteiger partial charge in [0.2, 0.25) is 11.8 Å². The van der Waals surface area contributed by atoms with Crippen LogP contribution in [0, 0.1) is 0 Å². The lowest BCUT2D eigenvalue weighted by atomic mass is 10.0. The fourth-order valence-electron chi connectivity index (χ4n) is 2.82. The van der Waals surface area contributed by atoms with Gasteiger partial charge in [0.05, 0.1) is 6.54 Å². The van der Waals surface area contributed by atoms with E-state index in [1.807, 2.05) is 4.90 Å². The van der Waals surface area contributed by atoms with E-state index in [2.05, 4.69) is 5.32 Å². The molecule has 2 aliphatic rings. The average molecular weight is 268 g/mol. The summed E-state index contributed by atoms with van der Waals surface area (Å²) in [5.41, 5.74) is 5.40. The summed E-state index contributed by atoms with van der Waals surface area (Å²) < 4.78 is 0. The molecule has 2 fully saturated rings. The molecule has 0 radical (unpaired) electrons. The third-order valence-corrected chi connectivity index (χ3v) is 3.95. The molecule has 0 aromatic rings. The van der Waals surface area contributed by atoms with Gasteiger partial charge in [-0.2, -0.15) is 0 Å². The van der Waals surface area contributed by atoms with Crippen LogP contribution in [0.25, 0.3) is 0 Å². The van der Waals surface area contributed by atoms with Crippen LogP contribution in [-0.2, 0) is 9.59 Å². The Morgan fingerprint density at radius 3 is 2.68 bits per heavy atom. The fraction of sp³-hybridized carbons (Fsp3) is 0.846. The van der Waals surface area contributed by atoms with E-state index in [9.17, 15) is 9.59 Å². The Morgan fingerprint density at radius 2 is 2.05 bits per heavy atom. The molecule has 0 spiro atoms. The first-order chi connectivity index (χ1) is 9.22. The van der Waals surface area contributed by atoms with Gasteiger partial charge in [-0.15, -0.1) is 0 Å². The molecule has 0 aromatic heterocycles. The Labute approximate surface area is 114 Å². The van der Waals surface area contributed by atoms with Gasteiger partial charge < -0.3 is 20.9 Å². The Bertz CT molecular complexity index is 329. The summed E-state index contributed by atoms with van der Waals surface area (Å²) in [6, 6.07) is 0.357. The van der Waals surface area contributed by atoms with Gasteiger partial charge >= 0.3 is 0 Å². The summed E-state index contributed by atoms with van der Waals surface area (Å²) in [5.74, 6) is 0.156. The number of rotatable bonds is 4. The van der Waals surface area contributed by atoms with Crippen molar-refractivity contribution in [3.8, 4) is 0 Å². The molecule has 0 bridgehead atoms. The van der Waals surface area contributed by atoms with Crippen molar-refractivity contribution in [1.82, 2.24) is 15.1 Å². The van der Waals surface area contributed by atoms with Gasteiger partial charge in [0.25, 0.3) is 0 Å². The van der Waals surface area contributed by atoms with Crippen molar-refractivity contribution in [2.24, 2.45) is 5.73 Å². The van der Waals surface area contributed by atoms with Crippen molar-refractivity contribution in [3.05, 3.63) is 0 Å². The van der Waals surface area contributed by atoms with Crippen LogP contribution in [0.1, 0.15) is 25.7 Å². The highest BCUT2D eigenvalue weighted by atomic mass is 16.2. The topological polar surface area (TPSA) is 78.7 Å². The number of hydrogen-bond acceptors (Lipinski definition) is 4. The number of nitrogens with two attached hydrogens (primary N) is 1. The molecule has 3 N–H and O–H groups in total. The van der Waals surface area contributed by atoms with Crippen LogP contribution < -0.4 is 11.1 Å². The minimum Gasteiger partial charge on any atom is -0.336 e. The number of piperidine rings is 1. The zero-order valence-corrected chi connectivity index (χ0v) is 11.4. The summed E-state index contributed by atoms with van der Waals surface area (Å²) in [6.07, 6.45) is 3.19. The van der Waals surface area contributed by atoms with E-state index in [0.717, 1.165) is 25.9 Å². The van der Waals surface area contributed by atoms with Crippen LogP contribution in [0.3, 0.4) is 0 Å². The zero-order valence-electron chi connectivity index (χ0n) is 11.4. The highest BCUT2D eigenvalue weighted by Gasteiger charge is 2.31. The van der Waals surface area contributed by atoms with E-state index in [0.29, 0.717) is 38.5 Å². The lowest BCUT2D eigenvalue weighted by molar-refractivity contribution is -0.147. The highest BCUT2D eigenvalue weighted by molar-refractivity contribution is 5.86. The van der Waals surface area contributed by atoms with Crippen molar-refractivity contribution >= 4 is 11.8 Å². The summed E-state index contributed by atoms with van der Waals surface area (Å²) in [5, 5.41) is 3.30. The summed E-state index contributed by atoms with van der Waals surface area (Å²) in [6.45, 7) is 4.07. The van der Waals surface area contributed by atoms with Gasteiger partial charge in [0.15, 0.2) is 0 Å². The molecule has 19 heavy (non-hydrogen) atoms. The number of nitrogens with zero attached hydrogens (tertiary/aromatic N) is 2. The lowest BCUT2D eigenvalue weighted by Gasteiger charge is -2.40. The van der Waals surface area contributed by atoms with Crippen molar-refractivity contribution < 1.29 is 9.59 Å². The number of piperazine rings is 1. The largest absolute Gasteiger partial charge is 0.336 e. The maximum atomic E-state index is 12.2. The van der Waals surface area contributed by atoms with Gasteiger partial charge in [-0.05, 0) is 38.9 Å². The van der Waals surface area contributed by atoms with Crippen molar-refractivity contribution in [2.45, 2.75) is 31.7 Å². The molecule has 6 nitrogen and oxygen atoms in total. The minimum absolute atomic E-state index is 0.0590. The summed E-state index contributed by atoms with van der Waals surface area (Å²) in [4.78, 5) is 27.7. The van der Waals surface area contributed by atoms with E-state index >= 15 is 0 Å². The van der Waals surface area contributed by atoms with E-state index in [1.165, 1.54) is 0 Å². The molecule has 2 saturated heterocycles. The molecule has 0 saturated carbocycles. The van der Waals surface area contributed by atoms with Crippen LogP contribution in [0.2, 0.25) is 0 Å². The minimum atomic E-state index is 0.0590.